The third-order valence-corrected chi connectivity index (χ3v) is 5.29. The number of nitrogens with zero attached hydrogens (tertiary/aromatic N) is 3. The van der Waals surface area contributed by atoms with Crippen molar-refractivity contribution in [1.29, 1.82) is 0 Å². The van der Waals surface area contributed by atoms with Crippen LogP contribution in [0.5, 0.6) is 0 Å². The van der Waals surface area contributed by atoms with Crippen molar-refractivity contribution in [1.82, 2.24) is 19.6 Å². The number of carbonyl (C=O) groups is 1. The van der Waals surface area contributed by atoms with Crippen molar-refractivity contribution in [2.75, 3.05) is 20.1 Å². The molecule has 0 spiro atoms. The second-order valence-electron chi connectivity index (χ2n) is 7.14. The van der Waals surface area contributed by atoms with Gasteiger partial charge in [-0.05, 0) is 69.3 Å². The van der Waals surface area contributed by atoms with Gasteiger partial charge in [0.2, 0.25) is 0 Å². The number of amides is 1. The molecule has 0 radical (unpaired) electrons. The van der Waals surface area contributed by atoms with Crippen LogP contribution >= 0.6 is 0 Å². The fourth-order valence-electron chi connectivity index (χ4n) is 3.68. The Hall–Kier alpha value is -2.73. The molecule has 6 heteroatoms. The summed E-state index contributed by atoms with van der Waals surface area (Å²) in [5.41, 5.74) is 2.94. The fraction of sp³-hybridized carbons (Fsp3) is 0.333. The highest BCUT2D eigenvalue weighted by atomic mass is 19.1. The summed E-state index contributed by atoms with van der Waals surface area (Å²) in [4.78, 5) is 19.4. The molecular weight excluding hydrogens is 343 g/mol. The Balaban J connectivity index is 1.44. The maximum absolute atomic E-state index is 13.1. The minimum absolute atomic E-state index is 0.0745. The first-order chi connectivity index (χ1) is 13.1. The van der Waals surface area contributed by atoms with Crippen LogP contribution in [0.15, 0.2) is 48.8 Å². The molecule has 1 saturated heterocycles. The molecule has 1 unspecified atom stereocenters. The minimum Gasteiger partial charge on any atom is -0.352 e. The van der Waals surface area contributed by atoms with E-state index in [1.807, 2.05) is 16.7 Å². The van der Waals surface area contributed by atoms with Gasteiger partial charge in [-0.2, -0.15) is 0 Å². The molecule has 140 valence electrons. The zero-order valence-electron chi connectivity index (χ0n) is 15.4. The largest absolute Gasteiger partial charge is 0.352 e. The Labute approximate surface area is 157 Å². The van der Waals surface area contributed by atoms with Gasteiger partial charge in [0.05, 0.1) is 11.3 Å². The first-order valence-corrected chi connectivity index (χ1v) is 9.33. The monoisotopic (exact) mass is 366 g/mol. The molecule has 1 aliphatic heterocycles. The maximum Gasteiger partial charge on any atom is 0.252 e. The Kier molecular flexibility index (Phi) is 4.90. The summed E-state index contributed by atoms with van der Waals surface area (Å²) in [6.45, 7) is 1.82. The quantitative estimate of drug-likeness (QED) is 0.753. The van der Waals surface area contributed by atoms with Crippen molar-refractivity contribution in [2.24, 2.45) is 0 Å². The van der Waals surface area contributed by atoms with Crippen LogP contribution in [0.3, 0.4) is 0 Å². The van der Waals surface area contributed by atoms with Gasteiger partial charge in [0.25, 0.3) is 5.91 Å². The summed E-state index contributed by atoms with van der Waals surface area (Å²) in [5, 5.41) is 3.01. The topological polar surface area (TPSA) is 49.6 Å². The zero-order valence-corrected chi connectivity index (χ0v) is 15.4. The molecule has 3 aromatic rings. The number of rotatable bonds is 5. The lowest BCUT2D eigenvalue weighted by atomic mass is 10.1. The standard InChI is InChI=1S/C21H23FN4O/c1-25-12-2-3-18(25)10-11-23-21(27)16-6-9-20-24-19(14-26(20)13-16)15-4-7-17(22)8-5-15/h4-9,13-14,18H,2-3,10-12H2,1H3,(H,23,27). The van der Waals surface area contributed by atoms with Crippen LogP contribution in [0.25, 0.3) is 16.9 Å². The van der Waals surface area contributed by atoms with Gasteiger partial charge in [-0.25, -0.2) is 9.37 Å². The van der Waals surface area contributed by atoms with E-state index in [2.05, 4.69) is 22.2 Å². The van der Waals surface area contributed by atoms with E-state index < -0.39 is 0 Å². The highest BCUT2D eigenvalue weighted by Crippen LogP contribution is 2.20. The van der Waals surface area contributed by atoms with E-state index in [0.29, 0.717) is 18.2 Å². The molecule has 3 heterocycles. The number of carbonyl (C=O) groups excluding carboxylic acids is 1. The van der Waals surface area contributed by atoms with Gasteiger partial charge < -0.3 is 14.6 Å². The molecule has 0 saturated carbocycles. The van der Waals surface area contributed by atoms with Crippen LogP contribution in [-0.4, -0.2) is 46.4 Å². The lowest BCUT2D eigenvalue weighted by Crippen LogP contribution is -2.31. The lowest BCUT2D eigenvalue weighted by molar-refractivity contribution is 0.0950. The molecule has 1 fully saturated rings. The summed E-state index contributed by atoms with van der Waals surface area (Å²) in [6.07, 6.45) is 7.06. The van der Waals surface area contributed by atoms with Gasteiger partial charge in [0, 0.05) is 30.5 Å². The molecular formula is C21H23FN4O. The highest BCUT2D eigenvalue weighted by Gasteiger charge is 2.20. The fourth-order valence-corrected chi connectivity index (χ4v) is 3.68. The number of hydrogen-bond donors (Lipinski definition) is 1. The molecule has 2 aromatic heterocycles. The van der Waals surface area contributed by atoms with Gasteiger partial charge >= 0.3 is 0 Å². The maximum atomic E-state index is 13.1. The summed E-state index contributed by atoms with van der Waals surface area (Å²) in [7, 11) is 2.14. The second kappa shape index (κ2) is 7.48. The average Bonchev–Trinajstić information content (AvgIpc) is 3.27. The number of fused-ring (bicyclic) bond motifs is 1. The smallest absolute Gasteiger partial charge is 0.252 e. The van der Waals surface area contributed by atoms with E-state index in [0.717, 1.165) is 29.9 Å². The van der Waals surface area contributed by atoms with E-state index in [1.54, 1.807) is 24.4 Å². The van der Waals surface area contributed by atoms with Crippen molar-refractivity contribution < 1.29 is 9.18 Å². The molecule has 1 amide bonds. The second-order valence-corrected chi connectivity index (χ2v) is 7.14. The summed E-state index contributed by atoms with van der Waals surface area (Å²) >= 11 is 0. The molecule has 0 aliphatic carbocycles. The third-order valence-electron chi connectivity index (χ3n) is 5.29. The number of aromatic nitrogens is 2. The molecule has 1 aromatic carbocycles. The van der Waals surface area contributed by atoms with Crippen molar-refractivity contribution in [3.63, 3.8) is 0 Å². The van der Waals surface area contributed by atoms with Gasteiger partial charge in [-0.1, -0.05) is 0 Å². The predicted molar refractivity (Wildman–Crippen MR) is 103 cm³/mol. The first-order valence-electron chi connectivity index (χ1n) is 9.33. The molecule has 0 bridgehead atoms. The molecule has 4 rings (SSSR count). The Morgan fingerprint density at radius 3 is 2.78 bits per heavy atom. The predicted octanol–water partition coefficient (Wildman–Crippen LogP) is 3.35. The van der Waals surface area contributed by atoms with Crippen LogP contribution in [-0.2, 0) is 0 Å². The number of benzene rings is 1. The van der Waals surface area contributed by atoms with Crippen LogP contribution in [0.4, 0.5) is 4.39 Å². The number of imidazole rings is 1. The van der Waals surface area contributed by atoms with E-state index in [9.17, 15) is 9.18 Å². The van der Waals surface area contributed by atoms with E-state index in [4.69, 9.17) is 0 Å². The number of nitrogens with one attached hydrogen (secondary N) is 1. The Morgan fingerprint density at radius 1 is 1.22 bits per heavy atom. The van der Waals surface area contributed by atoms with Crippen molar-refractivity contribution >= 4 is 11.6 Å². The van der Waals surface area contributed by atoms with Gasteiger partial charge in [-0.15, -0.1) is 0 Å². The van der Waals surface area contributed by atoms with E-state index in [1.165, 1.54) is 25.0 Å². The highest BCUT2D eigenvalue weighted by molar-refractivity contribution is 5.94. The molecule has 27 heavy (non-hydrogen) atoms. The number of pyridine rings is 1. The molecule has 1 atom stereocenters. The van der Waals surface area contributed by atoms with Crippen molar-refractivity contribution in [3.8, 4) is 11.3 Å². The summed E-state index contributed by atoms with van der Waals surface area (Å²) < 4.78 is 14.9. The van der Waals surface area contributed by atoms with Gasteiger partial charge in [0.1, 0.15) is 11.5 Å². The normalized spacial score (nSPS) is 17.5. The third kappa shape index (κ3) is 3.85. The number of halogens is 1. The SMILES string of the molecule is CN1CCCC1CCNC(=O)c1ccc2nc(-c3ccc(F)cc3)cn2c1. The lowest BCUT2D eigenvalue weighted by Gasteiger charge is -2.19. The Morgan fingerprint density at radius 2 is 2.04 bits per heavy atom. The Bertz CT molecular complexity index is 950. The minimum atomic E-state index is -0.273. The summed E-state index contributed by atoms with van der Waals surface area (Å²) in [5.74, 6) is -0.347. The number of hydrogen-bond acceptors (Lipinski definition) is 3. The molecule has 5 nitrogen and oxygen atoms in total. The summed E-state index contributed by atoms with van der Waals surface area (Å²) in [6, 6.07) is 10.4. The van der Waals surface area contributed by atoms with E-state index in [-0.39, 0.29) is 11.7 Å². The van der Waals surface area contributed by atoms with E-state index >= 15 is 0 Å². The number of likely N-dealkylation sites (tertiary alicyclic amines) is 1. The van der Waals surface area contributed by atoms with Crippen LogP contribution in [0, 0.1) is 5.82 Å². The van der Waals surface area contributed by atoms with Gasteiger partial charge in [0.15, 0.2) is 0 Å². The zero-order chi connectivity index (χ0) is 18.8. The van der Waals surface area contributed by atoms with Gasteiger partial charge in [-0.3, -0.25) is 4.79 Å². The molecule has 1 aliphatic rings. The van der Waals surface area contributed by atoms with Crippen molar-refractivity contribution in [3.05, 3.63) is 60.2 Å². The van der Waals surface area contributed by atoms with Crippen LogP contribution in [0.1, 0.15) is 29.6 Å². The average molecular weight is 366 g/mol. The first kappa shape index (κ1) is 17.7. The molecule has 1 N–H and O–H groups in total. The van der Waals surface area contributed by atoms with Crippen LogP contribution < -0.4 is 5.32 Å². The van der Waals surface area contributed by atoms with Crippen molar-refractivity contribution in [2.45, 2.75) is 25.3 Å². The van der Waals surface area contributed by atoms with Crippen LogP contribution in [0.2, 0.25) is 0 Å².